The molecule has 1 heterocycles. The molecular formula is C27H31N3O4. The molecule has 0 atom stereocenters. The van der Waals surface area contributed by atoms with Crippen LogP contribution in [0.5, 0.6) is 5.75 Å². The van der Waals surface area contributed by atoms with Gasteiger partial charge in [0.25, 0.3) is 5.91 Å². The van der Waals surface area contributed by atoms with E-state index in [4.69, 9.17) is 9.47 Å². The van der Waals surface area contributed by atoms with E-state index in [1.165, 1.54) is 0 Å². The van der Waals surface area contributed by atoms with Gasteiger partial charge in [-0.2, -0.15) is 0 Å². The van der Waals surface area contributed by atoms with Crippen LogP contribution in [0.25, 0.3) is 10.8 Å². The third-order valence-electron chi connectivity index (χ3n) is 6.23. The Bertz CT molecular complexity index is 1190. The summed E-state index contributed by atoms with van der Waals surface area (Å²) in [5.74, 6) is -0.212. The minimum absolute atomic E-state index is 0.287. The standard InChI is InChI=1S/C27H31N3O4/c1-4-29-12-14-30(15-13-29)24-11-10-21(27(32)34-5-2)17-23(24)28-26(31)22-16-19-8-6-7-9-20(19)18-25(22)33-3/h6-11,16-18H,4-5,12-15H2,1-3H3,(H,28,31). The van der Waals surface area contributed by atoms with Crippen LogP contribution in [0.15, 0.2) is 54.6 Å². The lowest BCUT2D eigenvalue weighted by Crippen LogP contribution is -2.46. The molecule has 1 saturated heterocycles. The van der Waals surface area contributed by atoms with Crippen LogP contribution in [0.1, 0.15) is 34.6 Å². The molecule has 0 radical (unpaired) electrons. The first-order chi connectivity index (χ1) is 16.5. The van der Waals surface area contributed by atoms with Crippen LogP contribution in [0.3, 0.4) is 0 Å². The van der Waals surface area contributed by atoms with Crippen LogP contribution in [-0.4, -0.2) is 63.2 Å². The zero-order valence-electron chi connectivity index (χ0n) is 20.0. The number of carbonyl (C=O) groups is 2. The lowest BCUT2D eigenvalue weighted by Gasteiger charge is -2.36. The summed E-state index contributed by atoms with van der Waals surface area (Å²) in [6, 6.07) is 16.9. The first-order valence-corrected chi connectivity index (χ1v) is 11.7. The van der Waals surface area contributed by atoms with Gasteiger partial charge in [-0.25, -0.2) is 4.79 Å². The number of anilines is 2. The summed E-state index contributed by atoms with van der Waals surface area (Å²) in [7, 11) is 1.56. The Hall–Kier alpha value is -3.58. The number of ether oxygens (including phenoxy) is 2. The minimum atomic E-state index is -0.413. The van der Waals surface area contributed by atoms with Crippen LogP contribution < -0.4 is 15.0 Å². The van der Waals surface area contributed by atoms with E-state index in [1.54, 1.807) is 26.2 Å². The van der Waals surface area contributed by atoms with Gasteiger partial charge in [0.15, 0.2) is 0 Å². The summed E-state index contributed by atoms with van der Waals surface area (Å²) in [5.41, 5.74) is 2.30. The molecule has 0 saturated carbocycles. The van der Waals surface area contributed by atoms with Gasteiger partial charge in [0.1, 0.15) is 5.75 Å². The Morgan fingerprint density at radius 3 is 2.29 bits per heavy atom. The SMILES string of the molecule is CCOC(=O)c1ccc(N2CCN(CC)CC2)c(NC(=O)c2cc3ccccc3cc2OC)c1. The van der Waals surface area contributed by atoms with E-state index in [0.29, 0.717) is 22.6 Å². The Morgan fingerprint density at radius 2 is 1.65 bits per heavy atom. The zero-order chi connectivity index (χ0) is 24.1. The Kier molecular flexibility index (Phi) is 7.33. The number of likely N-dealkylation sites (N-methyl/N-ethyl adjacent to an activating group) is 1. The molecule has 0 bridgehead atoms. The summed E-state index contributed by atoms with van der Waals surface area (Å²) in [4.78, 5) is 30.5. The second kappa shape index (κ2) is 10.6. The van der Waals surface area contributed by atoms with E-state index in [1.807, 2.05) is 42.5 Å². The fourth-order valence-electron chi connectivity index (χ4n) is 4.31. The molecule has 1 N–H and O–H groups in total. The number of hydrogen-bond donors (Lipinski definition) is 1. The van der Waals surface area contributed by atoms with Crippen molar-refractivity contribution in [3.8, 4) is 5.75 Å². The van der Waals surface area contributed by atoms with Gasteiger partial charge in [-0.1, -0.05) is 31.2 Å². The van der Waals surface area contributed by atoms with Crippen molar-refractivity contribution in [1.82, 2.24) is 4.90 Å². The van der Waals surface area contributed by atoms with E-state index in [9.17, 15) is 9.59 Å². The Morgan fingerprint density at radius 1 is 0.941 bits per heavy atom. The molecule has 3 aromatic rings. The highest BCUT2D eigenvalue weighted by Gasteiger charge is 2.22. The van der Waals surface area contributed by atoms with Crippen LogP contribution in [0.4, 0.5) is 11.4 Å². The van der Waals surface area contributed by atoms with Gasteiger partial charge in [-0.05, 0) is 54.6 Å². The zero-order valence-corrected chi connectivity index (χ0v) is 20.0. The van der Waals surface area contributed by atoms with Crippen molar-refractivity contribution in [2.75, 3.05) is 56.7 Å². The van der Waals surface area contributed by atoms with Crippen molar-refractivity contribution in [3.05, 3.63) is 65.7 Å². The fraction of sp³-hybridized carbons (Fsp3) is 0.333. The molecule has 4 rings (SSSR count). The average Bonchev–Trinajstić information content (AvgIpc) is 2.88. The normalized spacial score (nSPS) is 14.1. The van der Waals surface area contributed by atoms with Crippen LogP contribution in [0, 0.1) is 0 Å². The van der Waals surface area contributed by atoms with Gasteiger partial charge in [0.05, 0.1) is 36.2 Å². The number of hydrogen-bond acceptors (Lipinski definition) is 6. The molecule has 1 amide bonds. The van der Waals surface area contributed by atoms with Gasteiger partial charge in [-0.15, -0.1) is 0 Å². The van der Waals surface area contributed by atoms with Crippen molar-refractivity contribution in [2.45, 2.75) is 13.8 Å². The molecule has 3 aromatic carbocycles. The molecule has 34 heavy (non-hydrogen) atoms. The molecule has 0 aliphatic carbocycles. The lowest BCUT2D eigenvalue weighted by atomic mass is 10.0. The molecule has 1 aliphatic rings. The first kappa shape index (κ1) is 23.6. The number of piperazine rings is 1. The molecule has 7 nitrogen and oxygen atoms in total. The van der Waals surface area contributed by atoms with Crippen LogP contribution >= 0.6 is 0 Å². The topological polar surface area (TPSA) is 71.1 Å². The molecule has 7 heteroatoms. The van der Waals surface area contributed by atoms with Crippen molar-refractivity contribution in [2.24, 2.45) is 0 Å². The maximum atomic E-state index is 13.4. The molecule has 1 fully saturated rings. The Balaban J connectivity index is 1.69. The maximum Gasteiger partial charge on any atom is 0.338 e. The fourth-order valence-corrected chi connectivity index (χ4v) is 4.31. The summed E-state index contributed by atoms with van der Waals surface area (Å²) in [6.45, 7) is 8.81. The quantitative estimate of drug-likeness (QED) is 0.525. The number of amides is 1. The van der Waals surface area contributed by atoms with E-state index in [0.717, 1.165) is 49.2 Å². The van der Waals surface area contributed by atoms with E-state index >= 15 is 0 Å². The number of fused-ring (bicyclic) bond motifs is 1. The molecular weight excluding hydrogens is 430 g/mol. The van der Waals surface area contributed by atoms with Gasteiger partial charge in [-0.3, -0.25) is 4.79 Å². The lowest BCUT2D eigenvalue weighted by molar-refractivity contribution is 0.0526. The summed E-state index contributed by atoms with van der Waals surface area (Å²) in [6.07, 6.45) is 0. The summed E-state index contributed by atoms with van der Waals surface area (Å²) < 4.78 is 10.7. The Labute approximate surface area is 200 Å². The molecule has 0 spiro atoms. The highest BCUT2D eigenvalue weighted by molar-refractivity contribution is 6.10. The average molecular weight is 462 g/mol. The highest BCUT2D eigenvalue weighted by Crippen LogP contribution is 2.31. The number of benzene rings is 3. The molecule has 0 unspecified atom stereocenters. The largest absolute Gasteiger partial charge is 0.496 e. The van der Waals surface area contributed by atoms with E-state index in [-0.39, 0.29) is 12.5 Å². The number of methoxy groups -OCH3 is 1. The smallest absolute Gasteiger partial charge is 0.338 e. The van der Waals surface area contributed by atoms with E-state index in [2.05, 4.69) is 22.0 Å². The third-order valence-corrected chi connectivity index (χ3v) is 6.23. The predicted octanol–water partition coefficient (Wildman–Crippen LogP) is 4.42. The molecule has 1 aliphatic heterocycles. The van der Waals surface area contributed by atoms with Gasteiger partial charge >= 0.3 is 5.97 Å². The van der Waals surface area contributed by atoms with Crippen LogP contribution in [0.2, 0.25) is 0 Å². The highest BCUT2D eigenvalue weighted by atomic mass is 16.5. The minimum Gasteiger partial charge on any atom is -0.496 e. The van der Waals surface area contributed by atoms with Crippen molar-refractivity contribution in [3.63, 3.8) is 0 Å². The number of esters is 1. The summed E-state index contributed by atoms with van der Waals surface area (Å²) in [5, 5.41) is 4.99. The number of carbonyl (C=O) groups excluding carboxylic acids is 2. The molecule has 0 aromatic heterocycles. The monoisotopic (exact) mass is 461 g/mol. The maximum absolute atomic E-state index is 13.4. The first-order valence-electron chi connectivity index (χ1n) is 11.7. The second-order valence-corrected chi connectivity index (χ2v) is 8.23. The summed E-state index contributed by atoms with van der Waals surface area (Å²) >= 11 is 0. The number of rotatable bonds is 7. The van der Waals surface area contributed by atoms with Crippen molar-refractivity contribution < 1.29 is 19.1 Å². The number of nitrogens with one attached hydrogen (secondary N) is 1. The number of nitrogens with zero attached hydrogens (tertiary/aromatic N) is 2. The van der Waals surface area contributed by atoms with Crippen molar-refractivity contribution in [1.29, 1.82) is 0 Å². The third kappa shape index (κ3) is 4.99. The van der Waals surface area contributed by atoms with Gasteiger partial charge < -0.3 is 24.6 Å². The van der Waals surface area contributed by atoms with E-state index < -0.39 is 5.97 Å². The van der Waals surface area contributed by atoms with Crippen molar-refractivity contribution >= 4 is 34.0 Å². The molecule has 178 valence electrons. The van der Waals surface area contributed by atoms with Gasteiger partial charge in [0.2, 0.25) is 0 Å². The predicted molar refractivity (Wildman–Crippen MR) is 135 cm³/mol. The van der Waals surface area contributed by atoms with Gasteiger partial charge in [0, 0.05) is 26.2 Å². The van der Waals surface area contributed by atoms with Crippen LogP contribution in [-0.2, 0) is 4.74 Å². The second-order valence-electron chi connectivity index (χ2n) is 8.23.